The van der Waals surface area contributed by atoms with Gasteiger partial charge in [0, 0.05) is 6.07 Å². The zero-order chi connectivity index (χ0) is 12.0. The van der Waals surface area contributed by atoms with Crippen LogP contribution < -0.4 is 4.74 Å². The van der Waals surface area contributed by atoms with Crippen molar-refractivity contribution >= 4 is 11.8 Å². The Morgan fingerprint density at radius 1 is 1.38 bits per heavy atom. The van der Waals surface area contributed by atoms with E-state index in [9.17, 15) is 9.59 Å². The molecular formula is C11H13NO4. The summed E-state index contributed by atoms with van der Waals surface area (Å²) in [4.78, 5) is 26.6. The largest absolute Gasteiger partial charge is 0.481 e. The van der Waals surface area contributed by atoms with Crippen molar-refractivity contribution in [1.82, 2.24) is 4.98 Å². The average Bonchev–Trinajstić information content (AvgIpc) is 2.29. The molecule has 1 aromatic rings. The molecule has 0 radical (unpaired) electrons. The standard InChI is InChI=1S/C11H13NO4/c1-3-16-11(14)7-9(13)8-5-4-6-10(12-8)15-2/h4-6H,3,7H2,1-2H3. The number of aromatic nitrogens is 1. The fourth-order valence-electron chi connectivity index (χ4n) is 1.12. The van der Waals surface area contributed by atoms with Crippen LogP contribution in [0.25, 0.3) is 0 Å². The normalized spacial score (nSPS) is 9.62. The summed E-state index contributed by atoms with van der Waals surface area (Å²) in [5.41, 5.74) is 0.201. The zero-order valence-corrected chi connectivity index (χ0v) is 9.23. The van der Waals surface area contributed by atoms with Gasteiger partial charge in [0.15, 0.2) is 5.78 Å². The lowest BCUT2D eigenvalue weighted by molar-refractivity contribution is -0.141. The Labute approximate surface area is 93.4 Å². The molecule has 0 unspecified atom stereocenters. The quantitative estimate of drug-likeness (QED) is 0.426. The second kappa shape index (κ2) is 5.85. The summed E-state index contributed by atoms with van der Waals surface area (Å²) in [6, 6.07) is 4.80. The lowest BCUT2D eigenvalue weighted by Gasteiger charge is -2.02. The van der Waals surface area contributed by atoms with Crippen LogP contribution in [-0.4, -0.2) is 30.5 Å². The number of ether oxygens (including phenoxy) is 2. The molecule has 0 saturated carbocycles. The van der Waals surface area contributed by atoms with E-state index in [2.05, 4.69) is 9.72 Å². The molecule has 0 spiro atoms. The summed E-state index contributed by atoms with van der Waals surface area (Å²) >= 11 is 0. The number of carbonyl (C=O) groups excluding carboxylic acids is 2. The van der Waals surface area contributed by atoms with Gasteiger partial charge in [0.2, 0.25) is 5.88 Å². The molecule has 5 nitrogen and oxygen atoms in total. The molecule has 16 heavy (non-hydrogen) atoms. The third-order valence-corrected chi connectivity index (χ3v) is 1.83. The van der Waals surface area contributed by atoms with Crippen molar-refractivity contribution in [2.75, 3.05) is 13.7 Å². The van der Waals surface area contributed by atoms with Crippen LogP contribution in [0.2, 0.25) is 0 Å². The third kappa shape index (κ3) is 3.34. The third-order valence-electron chi connectivity index (χ3n) is 1.83. The van der Waals surface area contributed by atoms with Crippen LogP contribution >= 0.6 is 0 Å². The number of rotatable bonds is 5. The van der Waals surface area contributed by atoms with Crippen molar-refractivity contribution in [3.05, 3.63) is 23.9 Å². The Hall–Kier alpha value is -1.91. The minimum Gasteiger partial charge on any atom is -0.481 e. The van der Waals surface area contributed by atoms with E-state index in [-0.39, 0.29) is 24.5 Å². The highest BCUT2D eigenvalue weighted by Crippen LogP contribution is 2.08. The number of carbonyl (C=O) groups is 2. The van der Waals surface area contributed by atoms with Crippen LogP contribution in [0.15, 0.2) is 18.2 Å². The van der Waals surface area contributed by atoms with Crippen LogP contribution in [-0.2, 0) is 9.53 Å². The second-order valence-electron chi connectivity index (χ2n) is 2.97. The predicted molar refractivity (Wildman–Crippen MR) is 56.4 cm³/mol. The molecule has 1 aromatic heterocycles. The summed E-state index contributed by atoms with van der Waals surface area (Å²) in [6.45, 7) is 1.95. The first-order valence-corrected chi connectivity index (χ1v) is 4.87. The number of pyridine rings is 1. The molecule has 0 aliphatic heterocycles. The lowest BCUT2D eigenvalue weighted by atomic mass is 10.2. The Morgan fingerprint density at radius 3 is 2.75 bits per heavy atom. The molecule has 0 atom stereocenters. The zero-order valence-electron chi connectivity index (χ0n) is 9.23. The minimum atomic E-state index is -0.544. The van der Waals surface area contributed by atoms with Gasteiger partial charge in [-0.3, -0.25) is 9.59 Å². The van der Waals surface area contributed by atoms with Gasteiger partial charge in [0.05, 0.1) is 13.7 Å². The van der Waals surface area contributed by atoms with Crippen molar-refractivity contribution in [3.63, 3.8) is 0 Å². The highest BCUT2D eigenvalue weighted by Gasteiger charge is 2.14. The van der Waals surface area contributed by atoms with Crippen LogP contribution in [0.3, 0.4) is 0 Å². The van der Waals surface area contributed by atoms with E-state index in [1.165, 1.54) is 13.2 Å². The van der Waals surface area contributed by atoms with Crippen molar-refractivity contribution < 1.29 is 19.1 Å². The number of ketones is 1. The van der Waals surface area contributed by atoms with Crippen LogP contribution in [0.5, 0.6) is 5.88 Å². The Kier molecular flexibility index (Phi) is 4.44. The number of hydrogen-bond donors (Lipinski definition) is 0. The molecule has 0 N–H and O–H groups in total. The number of methoxy groups -OCH3 is 1. The van der Waals surface area contributed by atoms with Crippen molar-refractivity contribution in [2.24, 2.45) is 0 Å². The highest BCUT2D eigenvalue weighted by atomic mass is 16.5. The maximum absolute atomic E-state index is 11.6. The summed E-state index contributed by atoms with van der Waals surface area (Å²) in [5.74, 6) is -0.579. The van der Waals surface area contributed by atoms with E-state index in [1.807, 2.05) is 0 Å². The van der Waals surface area contributed by atoms with E-state index in [4.69, 9.17) is 4.74 Å². The van der Waals surface area contributed by atoms with Crippen molar-refractivity contribution in [3.8, 4) is 5.88 Å². The number of esters is 1. The highest BCUT2D eigenvalue weighted by molar-refractivity contribution is 6.04. The second-order valence-corrected chi connectivity index (χ2v) is 2.97. The Morgan fingerprint density at radius 2 is 2.12 bits per heavy atom. The van der Waals surface area contributed by atoms with Gasteiger partial charge in [0.1, 0.15) is 12.1 Å². The van der Waals surface area contributed by atoms with Gasteiger partial charge in [-0.25, -0.2) is 4.98 Å². The smallest absolute Gasteiger partial charge is 0.313 e. The van der Waals surface area contributed by atoms with Gasteiger partial charge in [-0.05, 0) is 13.0 Å². The van der Waals surface area contributed by atoms with E-state index in [0.29, 0.717) is 5.88 Å². The lowest BCUT2D eigenvalue weighted by Crippen LogP contribution is -2.12. The van der Waals surface area contributed by atoms with E-state index < -0.39 is 5.97 Å². The fraction of sp³-hybridized carbons (Fsp3) is 0.364. The van der Waals surface area contributed by atoms with Crippen LogP contribution in [0.4, 0.5) is 0 Å². The first-order chi connectivity index (χ1) is 7.67. The Bertz CT molecular complexity index is 389. The topological polar surface area (TPSA) is 65.5 Å². The van der Waals surface area contributed by atoms with Crippen molar-refractivity contribution in [2.45, 2.75) is 13.3 Å². The van der Waals surface area contributed by atoms with Crippen LogP contribution in [0, 0.1) is 0 Å². The molecule has 5 heteroatoms. The Balaban J connectivity index is 2.69. The van der Waals surface area contributed by atoms with E-state index in [1.54, 1.807) is 19.1 Å². The van der Waals surface area contributed by atoms with Crippen molar-refractivity contribution in [1.29, 1.82) is 0 Å². The molecule has 1 heterocycles. The van der Waals surface area contributed by atoms with Gasteiger partial charge >= 0.3 is 5.97 Å². The van der Waals surface area contributed by atoms with Gasteiger partial charge < -0.3 is 9.47 Å². The SMILES string of the molecule is CCOC(=O)CC(=O)c1cccc(OC)n1. The number of nitrogens with zero attached hydrogens (tertiary/aromatic N) is 1. The van der Waals surface area contributed by atoms with Gasteiger partial charge in [-0.2, -0.15) is 0 Å². The molecule has 86 valence electrons. The molecule has 0 aromatic carbocycles. The maximum Gasteiger partial charge on any atom is 0.313 e. The molecule has 1 rings (SSSR count). The van der Waals surface area contributed by atoms with E-state index >= 15 is 0 Å². The minimum absolute atomic E-state index is 0.201. The average molecular weight is 223 g/mol. The monoisotopic (exact) mass is 223 g/mol. The maximum atomic E-state index is 11.6. The van der Waals surface area contributed by atoms with Gasteiger partial charge in [-0.1, -0.05) is 6.07 Å². The molecule has 0 fully saturated rings. The summed E-state index contributed by atoms with van der Waals surface area (Å²) in [7, 11) is 1.46. The molecule has 0 aliphatic rings. The molecular weight excluding hydrogens is 210 g/mol. The summed E-state index contributed by atoms with van der Waals surface area (Å²) < 4.78 is 9.55. The molecule has 0 bridgehead atoms. The summed E-state index contributed by atoms with van der Waals surface area (Å²) in [5, 5.41) is 0. The first-order valence-electron chi connectivity index (χ1n) is 4.87. The number of Topliss-reactive ketones (excluding diaryl/α,β-unsaturated/α-hetero) is 1. The van der Waals surface area contributed by atoms with Gasteiger partial charge in [0.25, 0.3) is 0 Å². The molecule has 0 amide bonds. The summed E-state index contributed by atoms with van der Waals surface area (Å²) in [6.07, 6.45) is -0.298. The predicted octanol–water partition coefficient (Wildman–Crippen LogP) is 1.23. The first kappa shape index (κ1) is 12.2. The fourth-order valence-corrected chi connectivity index (χ4v) is 1.12. The molecule has 0 saturated heterocycles. The number of hydrogen-bond acceptors (Lipinski definition) is 5. The molecule has 0 aliphatic carbocycles. The van der Waals surface area contributed by atoms with E-state index in [0.717, 1.165) is 0 Å². The van der Waals surface area contributed by atoms with Crippen LogP contribution in [0.1, 0.15) is 23.8 Å². The van der Waals surface area contributed by atoms with Gasteiger partial charge in [-0.15, -0.1) is 0 Å².